The number of methoxy groups -OCH3 is 1. The molecule has 0 aromatic carbocycles. The van der Waals surface area contributed by atoms with Gasteiger partial charge in [-0.3, -0.25) is 13.9 Å². The lowest BCUT2D eigenvalue weighted by Crippen LogP contribution is -2.45. The van der Waals surface area contributed by atoms with Gasteiger partial charge in [0.1, 0.15) is 0 Å². The first-order valence-corrected chi connectivity index (χ1v) is 10.5. The van der Waals surface area contributed by atoms with E-state index >= 15 is 0 Å². The molecule has 0 radical (unpaired) electrons. The number of piperidine rings is 1. The number of aromatic nitrogens is 3. The van der Waals surface area contributed by atoms with E-state index in [0.717, 1.165) is 50.6 Å². The summed E-state index contributed by atoms with van der Waals surface area (Å²) >= 11 is 0. The summed E-state index contributed by atoms with van der Waals surface area (Å²) in [4.78, 5) is 32.7. The number of ether oxygens (including phenoxy) is 1. The zero-order chi connectivity index (χ0) is 19.5. The fourth-order valence-corrected chi connectivity index (χ4v) is 4.81. The molecule has 3 heterocycles. The number of amides is 1. The molecule has 1 atom stereocenters. The highest BCUT2D eigenvalue weighted by molar-refractivity contribution is 5.79. The summed E-state index contributed by atoms with van der Waals surface area (Å²) in [5, 5.41) is 0. The van der Waals surface area contributed by atoms with Crippen LogP contribution in [0.5, 0.6) is 0 Å². The second-order valence-electron chi connectivity index (χ2n) is 8.06. The molecule has 7 heteroatoms. The molecule has 7 nitrogen and oxygen atoms in total. The lowest BCUT2D eigenvalue weighted by molar-refractivity contribution is -0.138. The average molecular weight is 386 g/mol. The molecule has 0 spiro atoms. The van der Waals surface area contributed by atoms with E-state index in [0.29, 0.717) is 25.3 Å². The molecule has 2 fully saturated rings. The molecule has 1 amide bonds. The molecular weight excluding hydrogens is 356 g/mol. The molecule has 2 aromatic rings. The van der Waals surface area contributed by atoms with Gasteiger partial charge in [0.25, 0.3) is 0 Å². The van der Waals surface area contributed by atoms with Gasteiger partial charge in [-0.05, 0) is 37.8 Å². The van der Waals surface area contributed by atoms with Crippen LogP contribution in [-0.2, 0) is 16.1 Å². The Morgan fingerprint density at radius 3 is 2.82 bits per heavy atom. The quantitative estimate of drug-likeness (QED) is 0.792. The third-order valence-electron chi connectivity index (χ3n) is 6.27. The van der Waals surface area contributed by atoms with Crippen molar-refractivity contribution < 1.29 is 9.53 Å². The summed E-state index contributed by atoms with van der Waals surface area (Å²) < 4.78 is 8.73. The Kier molecular flexibility index (Phi) is 5.80. The van der Waals surface area contributed by atoms with Crippen molar-refractivity contribution in [2.24, 2.45) is 5.92 Å². The molecule has 1 saturated carbocycles. The van der Waals surface area contributed by atoms with E-state index in [4.69, 9.17) is 4.74 Å². The number of pyridine rings is 1. The van der Waals surface area contributed by atoms with E-state index in [1.165, 1.54) is 6.42 Å². The van der Waals surface area contributed by atoms with Gasteiger partial charge in [-0.15, -0.1) is 0 Å². The topological polar surface area (TPSA) is 69.4 Å². The lowest BCUT2D eigenvalue weighted by atomic mass is 9.87. The number of fused-ring (bicyclic) bond motifs is 1. The predicted molar refractivity (Wildman–Crippen MR) is 107 cm³/mol. The highest BCUT2D eigenvalue weighted by atomic mass is 16.5. The van der Waals surface area contributed by atoms with Gasteiger partial charge in [0.2, 0.25) is 5.91 Å². The van der Waals surface area contributed by atoms with E-state index in [9.17, 15) is 9.59 Å². The van der Waals surface area contributed by atoms with Crippen LogP contribution in [0, 0.1) is 5.92 Å². The molecule has 1 aliphatic heterocycles. The number of carbonyl (C=O) groups is 1. The molecule has 2 aliphatic rings. The van der Waals surface area contributed by atoms with Crippen molar-refractivity contribution in [3.63, 3.8) is 0 Å². The maximum absolute atomic E-state index is 13.2. The minimum atomic E-state index is -0.0530. The van der Waals surface area contributed by atoms with E-state index in [2.05, 4.69) is 4.98 Å². The summed E-state index contributed by atoms with van der Waals surface area (Å²) in [7, 11) is 1.64. The van der Waals surface area contributed by atoms with E-state index < -0.39 is 0 Å². The van der Waals surface area contributed by atoms with Crippen molar-refractivity contribution >= 4 is 17.1 Å². The Morgan fingerprint density at radius 1 is 1.21 bits per heavy atom. The Bertz CT molecular complexity index is 881. The average Bonchev–Trinajstić information content (AvgIpc) is 3.03. The second-order valence-corrected chi connectivity index (χ2v) is 8.06. The summed E-state index contributed by atoms with van der Waals surface area (Å²) in [5.74, 6) is 0.457. The first-order chi connectivity index (χ1) is 13.7. The third kappa shape index (κ3) is 3.60. The summed E-state index contributed by atoms with van der Waals surface area (Å²) in [6.07, 6.45) is 9.13. The van der Waals surface area contributed by atoms with Crippen molar-refractivity contribution in [1.29, 1.82) is 0 Å². The van der Waals surface area contributed by atoms with E-state index in [1.807, 2.05) is 21.6 Å². The first kappa shape index (κ1) is 19.2. The monoisotopic (exact) mass is 386 g/mol. The third-order valence-corrected chi connectivity index (χ3v) is 6.27. The molecule has 1 saturated heterocycles. The molecule has 0 N–H and O–H groups in total. The predicted octanol–water partition coefficient (Wildman–Crippen LogP) is 2.59. The zero-order valence-corrected chi connectivity index (χ0v) is 16.7. The Labute approximate surface area is 165 Å². The molecule has 0 bridgehead atoms. The Morgan fingerprint density at radius 2 is 2.04 bits per heavy atom. The van der Waals surface area contributed by atoms with Crippen molar-refractivity contribution in [3.8, 4) is 0 Å². The van der Waals surface area contributed by atoms with E-state index in [1.54, 1.807) is 17.9 Å². The highest BCUT2D eigenvalue weighted by Crippen LogP contribution is 2.29. The van der Waals surface area contributed by atoms with Crippen LogP contribution in [0.15, 0.2) is 23.1 Å². The van der Waals surface area contributed by atoms with Crippen LogP contribution in [0.1, 0.15) is 51.0 Å². The van der Waals surface area contributed by atoms with Crippen LogP contribution < -0.4 is 5.69 Å². The minimum Gasteiger partial charge on any atom is -0.383 e. The van der Waals surface area contributed by atoms with E-state index in [-0.39, 0.29) is 23.6 Å². The first-order valence-electron chi connectivity index (χ1n) is 10.5. The maximum atomic E-state index is 13.2. The summed E-state index contributed by atoms with van der Waals surface area (Å²) in [6, 6.07) is 3.77. The Hall–Kier alpha value is -2.15. The number of hydrogen-bond donors (Lipinski definition) is 0. The lowest BCUT2D eigenvalue weighted by Gasteiger charge is -2.36. The normalized spacial score (nSPS) is 21.3. The second kappa shape index (κ2) is 8.47. The zero-order valence-electron chi connectivity index (χ0n) is 16.7. The number of imidazole rings is 1. The van der Waals surface area contributed by atoms with Crippen molar-refractivity contribution in [1.82, 2.24) is 19.0 Å². The molecule has 2 aromatic heterocycles. The number of nitrogens with zero attached hydrogens (tertiary/aromatic N) is 4. The van der Waals surface area contributed by atoms with Crippen molar-refractivity contribution in [2.45, 2.75) is 57.5 Å². The molecule has 1 aliphatic carbocycles. The van der Waals surface area contributed by atoms with Crippen LogP contribution in [-0.4, -0.2) is 51.7 Å². The fourth-order valence-electron chi connectivity index (χ4n) is 4.81. The number of carbonyl (C=O) groups excluding carboxylic acids is 1. The summed E-state index contributed by atoms with van der Waals surface area (Å²) in [5.41, 5.74) is 1.49. The van der Waals surface area contributed by atoms with Gasteiger partial charge < -0.3 is 9.64 Å². The van der Waals surface area contributed by atoms with Crippen LogP contribution in [0.2, 0.25) is 0 Å². The van der Waals surface area contributed by atoms with Gasteiger partial charge in [-0.25, -0.2) is 9.78 Å². The van der Waals surface area contributed by atoms with Crippen LogP contribution >= 0.6 is 0 Å². The Balaban J connectivity index is 1.61. The maximum Gasteiger partial charge on any atom is 0.330 e. The molecule has 0 unspecified atom stereocenters. The van der Waals surface area contributed by atoms with Gasteiger partial charge in [-0.2, -0.15) is 0 Å². The standard InChI is InChI=1S/C21H30N4O3/c1-28-14-13-24-18-10-5-11-22-19(18)25(21(24)27)17-9-6-12-23(15-17)20(26)16-7-3-2-4-8-16/h5,10-11,16-17H,2-4,6-9,12-15H2,1H3/t17-/m0/s1. The number of hydrogen-bond acceptors (Lipinski definition) is 4. The molecule has 4 rings (SSSR count). The van der Waals surface area contributed by atoms with Crippen molar-refractivity contribution in [3.05, 3.63) is 28.8 Å². The molecule has 152 valence electrons. The van der Waals surface area contributed by atoms with Gasteiger partial charge in [0.05, 0.1) is 24.7 Å². The SMILES string of the molecule is COCCn1c(=O)n([C@H]2CCCN(C(=O)C3CCCCC3)C2)c2ncccc21. The smallest absolute Gasteiger partial charge is 0.330 e. The van der Waals surface area contributed by atoms with Crippen LogP contribution in [0.25, 0.3) is 11.2 Å². The van der Waals surface area contributed by atoms with Gasteiger partial charge in [-0.1, -0.05) is 19.3 Å². The fraction of sp³-hybridized carbons (Fsp3) is 0.667. The minimum absolute atomic E-state index is 0.0185. The van der Waals surface area contributed by atoms with Crippen molar-refractivity contribution in [2.75, 3.05) is 26.8 Å². The van der Waals surface area contributed by atoms with Gasteiger partial charge >= 0.3 is 5.69 Å². The van der Waals surface area contributed by atoms with Crippen LogP contribution in [0.4, 0.5) is 0 Å². The summed E-state index contributed by atoms with van der Waals surface area (Å²) in [6.45, 7) is 2.39. The van der Waals surface area contributed by atoms with Crippen LogP contribution in [0.3, 0.4) is 0 Å². The molecular formula is C21H30N4O3. The van der Waals surface area contributed by atoms with Gasteiger partial charge in [0.15, 0.2) is 5.65 Å². The largest absolute Gasteiger partial charge is 0.383 e. The number of likely N-dealkylation sites (tertiary alicyclic amines) is 1. The molecule has 28 heavy (non-hydrogen) atoms. The van der Waals surface area contributed by atoms with Gasteiger partial charge in [0, 0.05) is 32.3 Å². The highest BCUT2D eigenvalue weighted by Gasteiger charge is 2.32. The number of rotatable bonds is 5.